The van der Waals surface area contributed by atoms with E-state index in [0.29, 0.717) is 32.0 Å². The van der Waals surface area contributed by atoms with E-state index in [9.17, 15) is 9.18 Å². The summed E-state index contributed by atoms with van der Waals surface area (Å²) >= 11 is 0. The van der Waals surface area contributed by atoms with Crippen LogP contribution in [0, 0.1) is 5.82 Å². The molecule has 0 bridgehead atoms. The number of hydrogen-bond donors (Lipinski definition) is 3. The van der Waals surface area contributed by atoms with Crippen molar-refractivity contribution in [3.8, 4) is 0 Å². The number of carbonyl (C=O) groups is 1. The van der Waals surface area contributed by atoms with Crippen molar-refractivity contribution in [1.29, 1.82) is 0 Å². The first-order valence-electron chi connectivity index (χ1n) is 5.30. The molecule has 1 aromatic rings. The molecule has 0 aromatic heterocycles. The first kappa shape index (κ1) is 16.6. The third kappa shape index (κ3) is 7.05. The van der Waals surface area contributed by atoms with Gasteiger partial charge in [0.25, 0.3) is 0 Å². The lowest BCUT2D eigenvalue weighted by molar-refractivity contribution is 0.144. The highest BCUT2D eigenvalue weighted by molar-refractivity contribution is 5.89. The number of halogens is 2. The van der Waals surface area contributed by atoms with Gasteiger partial charge in [-0.3, -0.25) is 0 Å². The van der Waals surface area contributed by atoms with Crippen LogP contribution in [-0.4, -0.2) is 32.3 Å². The third-order valence-electron chi connectivity index (χ3n) is 1.88. The molecule has 0 aliphatic heterocycles. The average Bonchev–Trinajstić information content (AvgIpc) is 2.29. The summed E-state index contributed by atoms with van der Waals surface area (Å²) in [5.41, 5.74) is 5.63. The summed E-state index contributed by atoms with van der Waals surface area (Å²) in [6.45, 7) is 1.69. The number of anilines is 1. The molecule has 1 rings (SSSR count). The fourth-order valence-electron chi connectivity index (χ4n) is 1.16. The number of carbonyl (C=O) groups excluding carboxylic acids is 1. The second-order valence-electron chi connectivity index (χ2n) is 3.29. The maximum Gasteiger partial charge on any atom is 0.319 e. The Hall–Kier alpha value is -1.37. The molecule has 0 spiro atoms. The number of urea groups is 1. The number of benzene rings is 1. The summed E-state index contributed by atoms with van der Waals surface area (Å²) in [4.78, 5) is 11.3. The lowest BCUT2D eigenvalue weighted by Gasteiger charge is -2.07. The lowest BCUT2D eigenvalue weighted by Crippen LogP contribution is -2.31. The second kappa shape index (κ2) is 9.64. The minimum absolute atomic E-state index is 0. The van der Waals surface area contributed by atoms with Gasteiger partial charge >= 0.3 is 6.03 Å². The molecular weight excluding hydrogens is 261 g/mol. The van der Waals surface area contributed by atoms with Gasteiger partial charge in [0.2, 0.25) is 0 Å². The van der Waals surface area contributed by atoms with Crippen LogP contribution < -0.4 is 16.4 Å². The molecule has 2 amide bonds. The van der Waals surface area contributed by atoms with E-state index in [1.807, 2.05) is 0 Å². The summed E-state index contributed by atoms with van der Waals surface area (Å²) in [5.74, 6) is -0.394. The Morgan fingerprint density at radius 2 is 2.17 bits per heavy atom. The van der Waals surface area contributed by atoms with E-state index < -0.39 is 11.8 Å². The van der Waals surface area contributed by atoms with Crippen LogP contribution in [0.2, 0.25) is 0 Å². The molecule has 0 atom stereocenters. The zero-order valence-corrected chi connectivity index (χ0v) is 10.6. The van der Waals surface area contributed by atoms with Crippen molar-refractivity contribution in [2.24, 2.45) is 5.73 Å². The van der Waals surface area contributed by atoms with Crippen molar-refractivity contribution in [2.75, 3.05) is 31.6 Å². The van der Waals surface area contributed by atoms with Gasteiger partial charge < -0.3 is 21.1 Å². The quantitative estimate of drug-likeness (QED) is 0.687. The standard InChI is InChI=1S/C11H16FN3O2.ClH/c12-9-2-1-3-10(8-9)15-11(16)14-5-7-17-6-4-13;/h1-3,8H,4-7,13H2,(H2,14,15,16);1H. The molecule has 0 unspecified atom stereocenters. The van der Waals surface area contributed by atoms with E-state index in [1.54, 1.807) is 6.07 Å². The number of amides is 2. The highest BCUT2D eigenvalue weighted by Crippen LogP contribution is 2.08. The van der Waals surface area contributed by atoms with Crippen molar-refractivity contribution in [3.63, 3.8) is 0 Å². The Balaban J connectivity index is 0.00000289. The summed E-state index contributed by atoms with van der Waals surface area (Å²) in [7, 11) is 0. The smallest absolute Gasteiger partial charge is 0.319 e. The Bertz CT molecular complexity index is 366. The minimum Gasteiger partial charge on any atom is -0.378 e. The molecule has 18 heavy (non-hydrogen) atoms. The number of ether oxygens (including phenoxy) is 1. The SMILES string of the molecule is Cl.NCCOCCNC(=O)Nc1cccc(F)c1. The number of hydrogen-bond acceptors (Lipinski definition) is 3. The first-order valence-corrected chi connectivity index (χ1v) is 5.30. The molecule has 102 valence electrons. The minimum atomic E-state index is -0.396. The summed E-state index contributed by atoms with van der Waals surface area (Å²) in [6.07, 6.45) is 0. The zero-order valence-electron chi connectivity index (χ0n) is 9.82. The predicted molar refractivity (Wildman–Crippen MR) is 70.5 cm³/mol. The fraction of sp³-hybridized carbons (Fsp3) is 0.364. The van der Waals surface area contributed by atoms with Crippen LogP contribution in [0.3, 0.4) is 0 Å². The summed E-state index contributed by atoms with van der Waals surface area (Å²) in [5, 5.41) is 5.07. The van der Waals surface area contributed by atoms with Crippen molar-refractivity contribution < 1.29 is 13.9 Å². The van der Waals surface area contributed by atoms with Crippen molar-refractivity contribution in [2.45, 2.75) is 0 Å². The van der Waals surface area contributed by atoms with E-state index in [2.05, 4.69) is 10.6 Å². The summed E-state index contributed by atoms with van der Waals surface area (Å²) < 4.78 is 17.9. The Morgan fingerprint density at radius 1 is 1.39 bits per heavy atom. The first-order chi connectivity index (χ1) is 8.22. The monoisotopic (exact) mass is 277 g/mol. The van der Waals surface area contributed by atoms with Gasteiger partial charge in [-0.05, 0) is 18.2 Å². The van der Waals surface area contributed by atoms with Gasteiger partial charge in [-0.25, -0.2) is 9.18 Å². The zero-order chi connectivity index (χ0) is 12.5. The van der Waals surface area contributed by atoms with Gasteiger partial charge in [-0.2, -0.15) is 0 Å². The maximum absolute atomic E-state index is 12.8. The molecule has 0 saturated heterocycles. The van der Waals surface area contributed by atoms with Crippen molar-refractivity contribution in [1.82, 2.24) is 5.32 Å². The molecule has 0 radical (unpaired) electrons. The van der Waals surface area contributed by atoms with Crippen LogP contribution in [-0.2, 0) is 4.74 Å². The molecule has 0 aliphatic carbocycles. The van der Waals surface area contributed by atoms with Crippen LogP contribution in [0.4, 0.5) is 14.9 Å². The Morgan fingerprint density at radius 3 is 2.83 bits per heavy atom. The van der Waals surface area contributed by atoms with Gasteiger partial charge in [0.05, 0.1) is 13.2 Å². The Kier molecular flexibility index (Phi) is 8.91. The summed E-state index contributed by atoms with van der Waals surface area (Å²) in [6, 6.07) is 5.28. The predicted octanol–water partition coefficient (Wildman–Crippen LogP) is 1.34. The molecule has 5 nitrogen and oxygen atoms in total. The third-order valence-corrected chi connectivity index (χ3v) is 1.88. The molecule has 0 heterocycles. The highest BCUT2D eigenvalue weighted by atomic mass is 35.5. The fourth-order valence-corrected chi connectivity index (χ4v) is 1.16. The van der Waals surface area contributed by atoms with Crippen molar-refractivity contribution in [3.05, 3.63) is 30.1 Å². The Labute approximate surface area is 111 Å². The van der Waals surface area contributed by atoms with Crippen LogP contribution in [0.25, 0.3) is 0 Å². The molecule has 0 saturated carbocycles. The number of nitrogens with two attached hydrogens (primary N) is 1. The van der Waals surface area contributed by atoms with Gasteiger partial charge in [-0.1, -0.05) is 6.07 Å². The van der Waals surface area contributed by atoms with Gasteiger partial charge in [0.1, 0.15) is 5.82 Å². The topological polar surface area (TPSA) is 76.4 Å². The van der Waals surface area contributed by atoms with Crippen LogP contribution in [0.5, 0.6) is 0 Å². The van der Waals surface area contributed by atoms with Crippen LogP contribution in [0.15, 0.2) is 24.3 Å². The largest absolute Gasteiger partial charge is 0.378 e. The lowest BCUT2D eigenvalue weighted by atomic mass is 10.3. The average molecular weight is 278 g/mol. The molecule has 4 N–H and O–H groups in total. The van der Waals surface area contributed by atoms with Crippen molar-refractivity contribution >= 4 is 24.1 Å². The van der Waals surface area contributed by atoms with Gasteiger partial charge in [0, 0.05) is 18.8 Å². The second-order valence-corrected chi connectivity index (χ2v) is 3.29. The number of rotatable bonds is 6. The van der Waals surface area contributed by atoms with E-state index >= 15 is 0 Å². The molecule has 1 aromatic carbocycles. The highest BCUT2D eigenvalue weighted by Gasteiger charge is 2.01. The maximum atomic E-state index is 12.8. The van der Waals surface area contributed by atoms with Crippen LogP contribution >= 0.6 is 12.4 Å². The van der Waals surface area contributed by atoms with E-state index in [1.165, 1.54) is 18.2 Å². The van der Waals surface area contributed by atoms with Crippen LogP contribution in [0.1, 0.15) is 0 Å². The normalized spacial score (nSPS) is 9.44. The van der Waals surface area contributed by atoms with Gasteiger partial charge in [0.15, 0.2) is 0 Å². The number of nitrogens with one attached hydrogen (secondary N) is 2. The molecule has 0 aliphatic rings. The van der Waals surface area contributed by atoms with Gasteiger partial charge in [-0.15, -0.1) is 12.4 Å². The van der Waals surface area contributed by atoms with E-state index in [-0.39, 0.29) is 12.4 Å². The molecule has 0 fully saturated rings. The van der Waals surface area contributed by atoms with E-state index in [0.717, 1.165) is 0 Å². The van der Waals surface area contributed by atoms with E-state index in [4.69, 9.17) is 10.5 Å². The molecular formula is C11H17ClFN3O2. The molecule has 7 heteroatoms.